The van der Waals surface area contributed by atoms with E-state index in [0.29, 0.717) is 13.1 Å². The number of benzene rings is 1. The second kappa shape index (κ2) is 5.28. The van der Waals surface area contributed by atoms with Gasteiger partial charge in [0.15, 0.2) is 0 Å². The van der Waals surface area contributed by atoms with Crippen LogP contribution in [0.1, 0.15) is 18.4 Å². The van der Waals surface area contributed by atoms with E-state index in [9.17, 15) is 18.0 Å². The average Bonchev–Trinajstić information content (AvgIpc) is 2.84. The maximum atomic E-state index is 12.5. The molecule has 19 heavy (non-hydrogen) atoms. The fourth-order valence-electron chi connectivity index (χ4n) is 1.91. The molecule has 0 unspecified atom stereocenters. The van der Waals surface area contributed by atoms with Crippen molar-refractivity contribution >= 4 is 23.3 Å². The van der Waals surface area contributed by atoms with Crippen LogP contribution in [-0.4, -0.2) is 24.0 Å². The topological polar surface area (TPSA) is 32.3 Å². The predicted molar refractivity (Wildman–Crippen MR) is 66.3 cm³/mol. The van der Waals surface area contributed by atoms with Crippen LogP contribution in [0.25, 0.3) is 0 Å². The molecule has 1 aliphatic rings. The third-order valence-electron chi connectivity index (χ3n) is 2.93. The van der Waals surface area contributed by atoms with Crippen LogP contribution in [0.4, 0.5) is 23.7 Å². The van der Waals surface area contributed by atoms with Gasteiger partial charge in [0.05, 0.1) is 16.3 Å². The molecule has 1 heterocycles. The van der Waals surface area contributed by atoms with E-state index in [1.807, 2.05) is 0 Å². The summed E-state index contributed by atoms with van der Waals surface area (Å²) < 4.78 is 37.4. The van der Waals surface area contributed by atoms with Crippen LogP contribution in [0.15, 0.2) is 18.2 Å². The Morgan fingerprint density at radius 1 is 1.26 bits per heavy atom. The van der Waals surface area contributed by atoms with Crippen molar-refractivity contribution in [1.29, 1.82) is 0 Å². The molecule has 2 rings (SSSR count). The molecule has 0 bridgehead atoms. The highest BCUT2D eigenvalue weighted by Gasteiger charge is 2.31. The zero-order valence-corrected chi connectivity index (χ0v) is 10.7. The van der Waals surface area contributed by atoms with Gasteiger partial charge in [-0.15, -0.1) is 0 Å². The Hall–Kier alpha value is -1.43. The van der Waals surface area contributed by atoms with Crippen LogP contribution in [0.3, 0.4) is 0 Å². The number of hydrogen-bond acceptors (Lipinski definition) is 1. The molecule has 0 spiro atoms. The summed E-state index contributed by atoms with van der Waals surface area (Å²) in [6, 6.07) is 2.53. The van der Waals surface area contributed by atoms with Gasteiger partial charge in [0.25, 0.3) is 0 Å². The first-order valence-electron chi connectivity index (χ1n) is 5.80. The first kappa shape index (κ1) is 14.0. The molecule has 1 N–H and O–H groups in total. The number of nitrogens with one attached hydrogen (secondary N) is 1. The highest BCUT2D eigenvalue weighted by Crippen LogP contribution is 2.33. The summed E-state index contributed by atoms with van der Waals surface area (Å²) in [5.74, 6) is 0. The van der Waals surface area contributed by atoms with E-state index >= 15 is 0 Å². The standard InChI is InChI=1S/C12H12ClF3N2O/c13-9-7-8(12(14,15)16)3-4-10(9)17-11(19)18-5-1-2-6-18/h3-4,7H,1-2,5-6H2,(H,17,19). The fourth-order valence-corrected chi connectivity index (χ4v) is 2.14. The number of nitrogens with zero attached hydrogens (tertiary/aromatic N) is 1. The molecule has 0 radical (unpaired) electrons. The van der Waals surface area contributed by atoms with Crippen molar-refractivity contribution in [3.8, 4) is 0 Å². The number of alkyl halides is 3. The van der Waals surface area contributed by atoms with Gasteiger partial charge in [0, 0.05) is 13.1 Å². The maximum Gasteiger partial charge on any atom is 0.416 e. The SMILES string of the molecule is O=C(Nc1ccc(C(F)(F)F)cc1Cl)N1CCCC1. The number of carbonyl (C=O) groups excluding carboxylic acids is 1. The molecule has 1 aromatic carbocycles. The molecular weight excluding hydrogens is 281 g/mol. The van der Waals surface area contributed by atoms with Crippen molar-refractivity contribution in [2.75, 3.05) is 18.4 Å². The highest BCUT2D eigenvalue weighted by atomic mass is 35.5. The molecule has 7 heteroatoms. The lowest BCUT2D eigenvalue weighted by Gasteiger charge is -2.17. The number of hydrogen-bond donors (Lipinski definition) is 1. The lowest BCUT2D eigenvalue weighted by atomic mass is 10.2. The third kappa shape index (κ3) is 3.32. The molecule has 2 amide bonds. The number of likely N-dealkylation sites (tertiary alicyclic amines) is 1. The van der Waals surface area contributed by atoms with Crippen LogP contribution in [-0.2, 0) is 6.18 Å². The minimum absolute atomic E-state index is 0.123. The van der Waals surface area contributed by atoms with E-state index in [2.05, 4.69) is 5.32 Å². The van der Waals surface area contributed by atoms with Gasteiger partial charge in [-0.2, -0.15) is 13.2 Å². The number of urea groups is 1. The van der Waals surface area contributed by atoms with Crippen LogP contribution >= 0.6 is 11.6 Å². The van der Waals surface area contributed by atoms with E-state index in [1.165, 1.54) is 6.07 Å². The molecule has 1 aromatic rings. The van der Waals surface area contributed by atoms with Crippen molar-refractivity contribution in [3.63, 3.8) is 0 Å². The van der Waals surface area contributed by atoms with Crippen molar-refractivity contribution < 1.29 is 18.0 Å². The molecule has 1 saturated heterocycles. The summed E-state index contributed by atoms with van der Waals surface area (Å²) in [7, 11) is 0. The second-order valence-corrected chi connectivity index (χ2v) is 4.72. The smallest absolute Gasteiger partial charge is 0.325 e. The summed E-state index contributed by atoms with van der Waals surface area (Å²) in [6.07, 6.45) is -2.57. The number of halogens is 4. The second-order valence-electron chi connectivity index (χ2n) is 4.32. The van der Waals surface area contributed by atoms with Gasteiger partial charge in [-0.3, -0.25) is 0 Å². The number of carbonyl (C=O) groups is 1. The van der Waals surface area contributed by atoms with Gasteiger partial charge in [-0.25, -0.2) is 4.79 Å². The zero-order valence-electron chi connectivity index (χ0n) is 9.93. The van der Waals surface area contributed by atoms with E-state index in [0.717, 1.165) is 25.0 Å². The van der Waals surface area contributed by atoms with Gasteiger partial charge in [-0.1, -0.05) is 11.6 Å². The number of rotatable bonds is 1. The summed E-state index contributed by atoms with van der Waals surface area (Å²) >= 11 is 5.75. The van der Waals surface area contributed by atoms with E-state index < -0.39 is 11.7 Å². The Morgan fingerprint density at radius 2 is 1.89 bits per heavy atom. The quantitative estimate of drug-likeness (QED) is 0.834. The Kier molecular flexibility index (Phi) is 3.89. The van der Waals surface area contributed by atoms with E-state index in [4.69, 9.17) is 11.6 Å². The monoisotopic (exact) mass is 292 g/mol. The van der Waals surface area contributed by atoms with E-state index in [1.54, 1.807) is 4.90 Å². The normalized spacial score (nSPS) is 15.7. The Bertz CT molecular complexity index is 484. The summed E-state index contributed by atoms with van der Waals surface area (Å²) in [4.78, 5) is 13.4. The Morgan fingerprint density at radius 3 is 2.42 bits per heavy atom. The minimum Gasteiger partial charge on any atom is -0.325 e. The summed E-state index contributed by atoms with van der Waals surface area (Å²) in [5.41, 5.74) is -0.650. The van der Waals surface area contributed by atoms with Crippen LogP contribution in [0.5, 0.6) is 0 Å². The van der Waals surface area contributed by atoms with Crippen molar-refractivity contribution in [2.45, 2.75) is 19.0 Å². The lowest BCUT2D eigenvalue weighted by molar-refractivity contribution is -0.137. The van der Waals surface area contributed by atoms with Crippen LogP contribution < -0.4 is 5.32 Å². The molecule has 1 fully saturated rings. The van der Waals surface area contributed by atoms with Crippen LogP contribution in [0, 0.1) is 0 Å². The molecule has 0 atom stereocenters. The average molecular weight is 293 g/mol. The van der Waals surface area contributed by atoms with E-state index in [-0.39, 0.29) is 16.7 Å². The summed E-state index contributed by atoms with van der Waals surface area (Å²) in [5, 5.41) is 2.40. The predicted octanol–water partition coefficient (Wildman–Crippen LogP) is 3.99. The number of amides is 2. The van der Waals surface area contributed by atoms with Gasteiger partial charge in [-0.05, 0) is 31.0 Å². The third-order valence-corrected chi connectivity index (χ3v) is 3.24. The summed E-state index contributed by atoms with van der Waals surface area (Å²) in [6.45, 7) is 1.31. The molecule has 0 aliphatic carbocycles. The minimum atomic E-state index is -4.44. The number of anilines is 1. The first-order chi connectivity index (χ1) is 8.88. The fraction of sp³-hybridized carbons (Fsp3) is 0.417. The molecule has 0 saturated carbocycles. The Labute approximate surface area is 113 Å². The van der Waals surface area contributed by atoms with Gasteiger partial charge in [0.2, 0.25) is 0 Å². The van der Waals surface area contributed by atoms with Gasteiger partial charge < -0.3 is 10.2 Å². The first-order valence-corrected chi connectivity index (χ1v) is 6.18. The maximum absolute atomic E-state index is 12.5. The largest absolute Gasteiger partial charge is 0.416 e. The lowest BCUT2D eigenvalue weighted by Crippen LogP contribution is -2.32. The molecular formula is C12H12ClF3N2O. The molecule has 3 nitrogen and oxygen atoms in total. The van der Waals surface area contributed by atoms with Crippen molar-refractivity contribution in [2.24, 2.45) is 0 Å². The molecule has 1 aliphatic heterocycles. The highest BCUT2D eigenvalue weighted by molar-refractivity contribution is 6.33. The van der Waals surface area contributed by atoms with Gasteiger partial charge >= 0.3 is 12.2 Å². The zero-order chi connectivity index (χ0) is 14.0. The van der Waals surface area contributed by atoms with Crippen molar-refractivity contribution in [3.05, 3.63) is 28.8 Å². The van der Waals surface area contributed by atoms with Crippen molar-refractivity contribution in [1.82, 2.24) is 4.90 Å². The van der Waals surface area contributed by atoms with Gasteiger partial charge in [0.1, 0.15) is 0 Å². The molecule has 0 aromatic heterocycles. The molecule has 104 valence electrons. The Balaban J connectivity index is 2.11. The van der Waals surface area contributed by atoms with Crippen LogP contribution in [0.2, 0.25) is 5.02 Å².